The lowest BCUT2D eigenvalue weighted by molar-refractivity contribution is -0.123. The summed E-state index contributed by atoms with van der Waals surface area (Å²) in [5.41, 5.74) is -0.463. The highest BCUT2D eigenvalue weighted by molar-refractivity contribution is 5.85. The molecule has 3 rings (SSSR count). The molecule has 0 aromatic carbocycles. The van der Waals surface area contributed by atoms with Crippen molar-refractivity contribution in [2.75, 3.05) is 27.2 Å². The summed E-state index contributed by atoms with van der Waals surface area (Å²) in [5.74, 6) is 2.08. The highest BCUT2D eigenvalue weighted by Crippen LogP contribution is 2.35. The highest BCUT2D eigenvalue weighted by atomic mass is 35.5. The van der Waals surface area contributed by atoms with E-state index in [2.05, 4.69) is 20.8 Å². The van der Waals surface area contributed by atoms with Gasteiger partial charge in [-0.1, -0.05) is 30.8 Å². The van der Waals surface area contributed by atoms with Gasteiger partial charge in [0.2, 0.25) is 11.8 Å². The Balaban J connectivity index is 0.00000210. The zero-order valence-electron chi connectivity index (χ0n) is 17.7. The average molecular weight is 450 g/mol. The van der Waals surface area contributed by atoms with Crippen LogP contribution in [-0.2, 0) is 16.9 Å². The molecule has 2 N–H and O–H groups in total. The molecule has 0 radical (unpaired) electrons. The minimum Gasteiger partial charge on any atom is -0.343 e. The Hall–Kier alpha value is -0.890. The molecule has 2 aliphatic rings. The third-order valence-electron chi connectivity index (χ3n) is 5.92. The number of hydrogen-bond acceptors (Lipinski definition) is 6. The van der Waals surface area contributed by atoms with Crippen LogP contribution in [0.3, 0.4) is 0 Å². The molecule has 1 saturated heterocycles. The van der Waals surface area contributed by atoms with Crippen molar-refractivity contribution in [2.24, 2.45) is 5.92 Å². The van der Waals surface area contributed by atoms with Crippen molar-refractivity contribution in [2.45, 2.75) is 76.3 Å². The van der Waals surface area contributed by atoms with Gasteiger partial charge in [-0.15, -0.1) is 24.8 Å². The van der Waals surface area contributed by atoms with Gasteiger partial charge in [0.25, 0.3) is 0 Å². The standard InChI is InChI=1S/C20H35N5O2.2ClH/c1-25(2)15-18-22-19(24-27-18)20(11-5-3-4-6-12-20)23-17(26)8-7-16-9-13-21-14-10-16;;/h16,21H,3-15H2,1-2H3,(H,23,26);2*1H. The number of amides is 1. The smallest absolute Gasteiger partial charge is 0.240 e. The third-order valence-corrected chi connectivity index (χ3v) is 5.92. The van der Waals surface area contributed by atoms with Gasteiger partial charge in [-0.3, -0.25) is 4.79 Å². The van der Waals surface area contributed by atoms with Crippen molar-refractivity contribution in [3.05, 3.63) is 11.7 Å². The summed E-state index contributed by atoms with van der Waals surface area (Å²) < 4.78 is 5.47. The van der Waals surface area contributed by atoms with Crippen LogP contribution in [0.1, 0.15) is 75.9 Å². The van der Waals surface area contributed by atoms with Crippen LogP contribution >= 0.6 is 24.8 Å². The van der Waals surface area contributed by atoms with Gasteiger partial charge < -0.3 is 20.1 Å². The van der Waals surface area contributed by atoms with E-state index in [0.29, 0.717) is 30.6 Å². The summed E-state index contributed by atoms with van der Waals surface area (Å²) in [5, 5.41) is 11.0. The molecule has 1 aliphatic heterocycles. The number of hydrogen-bond donors (Lipinski definition) is 2. The second-order valence-electron chi connectivity index (χ2n) is 8.53. The Bertz CT molecular complexity index is 597. The Morgan fingerprint density at radius 2 is 1.83 bits per heavy atom. The predicted octanol–water partition coefficient (Wildman–Crippen LogP) is 3.42. The summed E-state index contributed by atoms with van der Waals surface area (Å²) in [7, 11) is 3.96. The van der Waals surface area contributed by atoms with E-state index in [1.54, 1.807) is 0 Å². The molecule has 1 aromatic heterocycles. The first-order chi connectivity index (χ1) is 13.1. The summed E-state index contributed by atoms with van der Waals surface area (Å²) >= 11 is 0. The molecule has 0 bridgehead atoms. The molecule has 9 heteroatoms. The third kappa shape index (κ3) is 7.70. The Morgan fingerprint density at radius 1 is 1.17 bits per heavy atom. The fourth-order valence-electron chi connectivity index (χ4n) is 4.36. The molecular weight excluding hydrogens is 413 g/mol. The molecule has 29 heavy (non-hydrogen) atoms. The fourth-order valence-corrected chi connectivity index (χ4v) is 4.36. The molecule has 2 heterocycles. The predicted molar refractivity (Wildman–Crippen MR) is 119 cm³/mol. The van der Waals surface area contributed by atoms with Crippen molar-refractivity contribution < 1.29 is 9.32 Å². The Morgan fingerprint density at radius 3 is 2.45 bits per heavy atom. The number of carbonyl (C=O) groups excluding carboxylic acids is 1. The maximum absolute atomic E-state index is 12.8. The van der Waals surface area contributed by atoms with Gasteiger partial charge in [-0.25, -0.2) is 0 Å². The first-order valence-corrected chi connectivity index (χ1v) is 10.6. The van der Waals surface area contributed by atoms with E-state index >= 15 is 0 Å². The average Bonchev–Trinajstić information content (AvgIpc) is 2.99. The maximum Gasteiger partial charge on any atom is 0.240 e. The largest absolute Gasteiger partial charge is 0.343 e. The van der Waals surface area contributed by atoms with E-state index in [1.165, 1.54) is 25.7 Å². The molecule has 2 fully saturated rings. The van der Waals surface area contributed by atoms with Gasteiger partial charge in [0, 0.05) is 6.42 Å². The Kier molecular flexibility index (Phi) is 11.5. The van der Waals surface area contributed by atoms with Crippen molar-refractivity contribution in [3.8, 4) is 0 Å². The normalized spacial score (nSPS) is 19.7. The number of nitrogens with one attached hydrogen (secondary N) is 2. The van der Waals surface area contributed by atoms with E-state index in [9.17, 15) is 4.79 Å². The quantitative estimate of drug-likeness (QED) is 0.620. The van der Waals surface area contributed by atoms with Crippen molar-refractivity contribution in [1.29, 1.82) is 0 Å². The zero-order chi connectivity index (χ0) is 19.1. The molecule has 1 aromatic rings. The molecule has 168 valence electrons. The minimum atomic E-state index is -0.463. The summed E-state index contributed by atoms with van der Waals surface area (Å²) in [6.45, 7) is 2.77. The molecular formula is C20H37Cl2N5O2. The molecule has 0 spiro atoms. The van der Waals surface area contributed by atoms with Gasteiger partial charge in [0.05, 0.1) is 6.54 Å². The van der Waals surface area contributed by atoms with E-state index in [-0.39, 0.29) is 30.7 Å². The molecule has 7 nitrogen and oxygen atoms in total. The van der Waals surface area contributed by atoms with Crippen LogP contribution in [-0.4, -0.2) is 48.1 Å². The van der Waals surface area contributed by atoms with Crippen LogP contribution in [0.25, 0.3) is 0 Å². The van der Waals surface area contributed by atoms with Crippen LogP contribution in [0.4, 0.5) is 0 Å². The fraction of sp³-hybridized carbons (Fsp3) is 0.850. The lowest BCUT2D eigenvalue weighted by atomic mass is 9.88. The van der Waals surface area contributed by atoms with Crippen molar-refractivity contribution in [1.82, 2.24) is 25.7 Å². The van der Waals surface area contributed by atoms with E-state index < -0.39 is 5.54 Å². The number of piperidine rings is 1. The summed E-state index contributed by atoms with van der Waals surface area (Å²) in [6.07, 6.45) is 10.3. The van der Waals surface area contributed by atoms with Gasteiger partial charge in [0.15, 0.2) is 5.82 Å². The van der Waals surface area contributed by atoms with Gasteiger partial charge >= 0.3 is 0 Å². The minimum absolute atomic E-state index is 0. The van der Waals surface area contributed by atoms with Crippen LogP contribution in [0, 0.1) is 5.92 Å². The lowest BCUT2D eigenvalue weighted by Crippen LogP contribution is -2.46. The summed E-state index contributed by atoms with van der Waals surface area (Å²) in [4.78, 5) is 19.5. The van der Waals surface area contributed by atoms with Crippen LogP contribution in [0.15, 0.2) is 4.52 Å². The number of rotatable bonds is 7. The molecule has 0 atom stereocenters. The Labute approximate surface area is 187 Å². The van der Waals surface area contributed by atoms with Gasteiger partial charge in [0.1, 0.15) is 5.54 Å². The highest BCUT2D eigenvalue weighted by Gasteiger charge is 2.39. The number of nitrogens with zero attached hydrogens (tertiary/aromatic N) is 3. The van der Waals surface area contributed by atoms with Gasteiger partial charge in [-0.2, -0.15) is 4.98 Å². The maximum atomic E-state index is 12.8. The second kappa shape index (κ2) is 12.7. The number of carbonyl (C=O) groups is 1. The molecule has 1 saturated carbocycles. The van der Waals surface area contributed by atoms with Crippen LogP contribution in [0.5, 0.6) is 0 Å². The summed E-state index contributed by atoms with van der Waals surface area (Å²) in [6, 6.07) is 0. The lowest BCUT2D eigenvalue weighted by Gasteiger charge is -2.31. The molecule has 1 amide bonds. The van der Waals surface area contributed by atoms with Crippen LogP contribution < -0.4 is 10.6 Å². The van der Waals surface area contributed by atoms with Crippen LogP contribution in [0.2, 0.25) is 0 Å². The van der Waals surface area contributed by atoms with E-state index in [4.69, 9.17) is 4.52 Å². The molecule has 0 unspecified atom stereocenters. The number of aromatic nitrogens is 2. The van der Waals surface area contributed by atoms with Gasteiger partial charge in [-0.05, 0) is 65.2 Å². The van der Waals surface area contributed by atoms with Crippen molar-refractivity contribution in [3.63, 3.8) is 0 Å². The number of halogens is 2. The first kappa shape index (κ1) is 26.1. The van der Waals surface area contributed by atoms with E-state index in [1.807, 2.05) is 19.0 Å². The van der Waals surface area contributed by atoms with E-state index in [0.717, 1.165) is 45.2 Å². The first-order valence-electron chi connectivity index (χ1n) is 10.6. The second-order valence-corrected chi connectivity index (χ2v) is 8.53. The monoisotopic (exact) mass is 449 g/mol. The topological polar surface area (TPSA) is 83.3 Å². The SMILES string of the molecule is CN(C)Cc1nc(C2(NC(=O)CCC3CCNCC3)CCCCCC2)no1.Cl.Cl. The zero-order valence-corrected chi connectivity index (χ0v) is 19.4. The molecule has 1 aliphatic carbocycles. The van der Waals surface area contributed by atoms with Crippen molar-refractivity contribution >= 4 is 30.7 Å².